The van der Waals surface area contributed by atoms with Crippen LogP contribution in [-0.2, 0) is 9.53 Å². The van der Waals surface area contributed by atoms with E-state index in [9.17, 15) is 19.7 Å². The number of furan rings is 1. The van der Waals surface area contributed by atoms with Crippen LogP contribution in [0.4, 0.5) is 5.69 Å². The molecule has 0 aliphatic carbocycles. The number of methoxy groups -OCH3 is 1. The highest BCUT2D eigenvalue weighted by Gasteiger charge is 2.22. The molecule has 1 fully saturated rings. The van der Waals surface area contributed by atoms with Gasteiger partial charge >= 0.3 is 5.69 Å². The predicted octanol–water partition coefficient (Wildman–Crippen LogP) is 3.85. The summed E-state index contributed by atoms with van der Waals surface area (Å²) in [5, 5.41) is 17.2. The lowest BCUT2D eigenvalue weighted by molar-refractivity contribution is -0.385. The Labute approximate surface area is 243 Å². The van der Waals surface area contributed by atoms with E-state index in [4.69, 9.17) is 18.6 Å². The van der Waals surface area contributed by atoms with Crippen molar-refractivity contribution >= 4 is 39.7 Å². The van der Waals surface area contributed by atoms with Gasteiger partial charge in [-0.3, -0.25) is 19.7 Å². The van der Waals surface area contributed by atoms with Gasteiger partial charge in [0.25, 0.3) is 11.5 Å². The number of para-hydroxylation sites is 1. The first kappa shape index (κ1) is 27.6. The van der Waals surface area contributed by atoms with Gasteiger partial charge in [-0.2, -0.15) is 9.78 Å². The molecule has 6 rings (SSSR count). The molecular formula is C30H25N5O8. The molecule has 13 heteroatoms. The van der Waals surface area contributed by atoms with Crippen LogP contribution in [0.1, 0.15) is 5.56 Å². The van der Waals surface area contributed by atoms with Gasteiger partial charge in [0, 0.05) is 24.7 Å². The minimum Gasteiger partial charge on any atom is -0.496 e. The average molecular weight is 584 g/mol. The van der Waals surface area contributed by atoms with Crippen molar-refractivity contribution in [3.63, 3.8) is 0 Å². The lowest BCUT2D eigenvalue weighted by atomic mass is 10.2. The molecule has 0 spiro atoms. The van der Waals surface area contributed by atoms with E-state index in [0.29, 0.717) is 59.5 Å². The van der Waals surface area contributed by atoms with Crippen molar-refractivity contribution in [2.75, 3.05) is 40.0 Å². The van der Waals surface area contributed by atoms with Gasteiger partial charge in [-0.15, -0.1) is 0 Å². The number of carbonyl (C=O) groups is 1. The molecule has 0 unspecified atom stereocenters. The number of fused-ring (bicyclic) bond motifs is 2. The number of nitro benzene ring substituents is 1. The van der Waals surface area contributed by atoms with Crippen LogP contribution in [-0.4, -0.2) is 71.6 Å². The highest BCUT2D eigenvalue weighted by molar-refractivity contribution is 5.89. The highest BCUT2D eigenvalue weighted by atomic mass is 16.6. The molecule has 2 aromatic heterocycles. The number of morpholine rings is 1. The number of benzene rings is 3. The summed E-state index contributed by atoms with van der Waals surface area (Å²) in [7, 11) is 1.55. The smallest absolute Gasteiger partial charge is 0.311 e. The zero-order valence-electron chi connectivity index (χ0n) is 23.0. The van der Waals surface area contributed by atoms with Crippen LogP contribution in [0.25, 0.3) is 33.5 Å². The van der Waals surface area contributed by atoms with Crippen molar-refractivity contribution in [1.29, 1.82) is 0 Å². The predicted molar refractivity (Wildman–Crippen MR) is 157 cm³/mol. The van der Waals surface area contributed by atoms with Crippen LogP contribution >= 0.6 is 0 Å². The Bertz CT molecular complexity index is 1940. The molecule has 0 bridgehead atoms. The SMILES string of the molecule is COc1cccc2oc(-c3nc4ccccc4c(=O)n3N=Cc3ccc(OCC(=O)N4CCOCC4)c([N+](=O)[O-])c3)cc12. The van der Waals surface area contributed by atoms with Gasteiger partial charge in [-0.05, 0) is 42.5 Å². The number of hydrogen-bond donors (Lipinski definition) is 0. The molecule has 0 saturated carbocycles. The van der Waals surface area contributed by atoms with E-state index in [2.05, 4.69) is 10.1 Å². The van der Waals surface area contributed by atoms with Crippen molar-refractivity contribution < 1.29 is 28.3 Å². The van der Waals surface area contributed by atoms with E-state index in [1.54, 1.807) is 60.5 Å². The minimum atomic E-state index is -0.608. The quantitative estimate of drug-likeness (QED) is 0.151. The van der Waals surface area contributed by atoms with Gasteiger partial charge in [0.2, 0.25) is 5.82 Å². The molecule has 13 nitrogen and oxygen atoms in total. The summed E-state index contributed by atoms with van der Waals surface area (Å²) in [4.78, 5) is 43.5. The van der Waals surface area contributed by atoms with Crippen molar-refractivity contribution in [1.82, 2.24) is 14.6 Å². The largest absolute Gasteiger partial charge is 0.496 e. The number of hydrogen-bond acceptors (Lipinski definition) is 10. The van der Waals surface area contributed by atoms with Crippen molar-refractivity contribution in [2.24, 2.45) is 5.10 Å². The third kappa shape index (κ3) is 5.53. The molecule has 3 aromatic carbocycles. The van der Waals surface area contributed by atoms with Gasteiger partial charge in [-0.1, -0.05) is 18.2 Å². The monoisotopic (exact) mass is 583 g/mol. The first-order valence-electron chi connectivity index (χ1n) is 13.3. The Morgan fingerprint density at radius 3 is 2.67 bits per heavy atom. The number of carbonyl (C=O) groups excluding carboxylic acids is 1. The van der Waals surface area contributed by atoms with E-state index in [-0.39, 0.29) is 35.5 Å². The van der Waals surface area contributed by atoms with Crippen molar-refractivity contribution in [2.45, 2.75) is 0 Å². The Kier molecular flexibility index (Phi) is 7.54. The topological polar surface area (TPSA) is 152 Å². The van der Waals surface area contributed by atoms with Gasteiger partial charge in [-0.25, -0.2) is 4.98 Å². The zero-order chi connectivity index (χ0) is 29.9. The summed E-state index contributed by atoms with van der Waals surface area (Å²) in [6.45, 7) is 1.39. The number of aromatic nitrogens is 2. The number of amides is 1. The Morgan fingerprint density at radius 1 is 1.07 bits per heavy atom. The van der Waals surface area contributed by atoms with Crippen molar-refractivity contribution in [3.05, 3.63) is 92.8 Å². The van der Waals surface area contributed by atoms with Crippen LogP contribution in [0, 0.1) is 10.1 Å². The molecule has 5 aromatic rings. The fraction of sp³-hybridized carbons (Fsp3) is 0.200. The normalized spacial score (nSPS) is 13.6. The average Bonchev–Trinajstić information content (AvgIpc) is 3.48. The Morgan fingerprint density at radius 2 is 1.88 bits per heavy atom. The molecule has 1 aliphatic rings. The van der Waals surface area contributed by atoms with Gasteiger partial charge in [0.1, 0.15) is 11.3 Å². The maximum absolute atomic E-state index is 13.6. The third-order valence-electron chi connectivity index (χ3n) is 6.93. The Hall–Kier alpha value is -5.56. The summed E-state index contributed by atoms with van der Waals surface area (Å²) in [5.41, 5.74) is 0.485. The lowest BCUT2D eigenvalue weighted by Crippen LogP contribution is -2.43. The summed E-state index contributed by atoms with van der Waals surface area (Å²) >= 11 is 0. The second-order valence-electron chi connectivity index (χ2n) is 9.56. The standard InChI is InChI=1S/C30H25N5O8/c1-40-24-7-4-8-25-21(24)16-27(43-25)29-32-22-6-3-2-5-20(22)30(37)34(29)31-17-19-9-10-26(23(15-19)35(38)39)42-18-28(36)33-11-13-41-14-12-33/h2-10,15-17H,11-14,18H2,1H3. The molecule has 0 N–H and O–H groups in total. The van der Waals surface area contributed by atoms with Gasteiger partial charge in [0.05, 0.1) is 47.8 Å². The fourth-order valence-corrected chi connectivity index (χ4v) is 4.76. The summed E-state index contributed by atoms with van der Waals surface area (Å²) in [6.07, 6.45) is 1.31. The zero-order valence-corrected chi connectivity index (χ0v) is 23.0. The summed E-state index contributed by atoms with van der Waals surface area (Å²) in [5.74, 6) is 0.646. The number of nitrogens with zero attached hydrogens (tertiary/aromatic N) is 5. The third-order valence-corrected chi connectivity index (χ3v) is 6.93. The van der Waals surface area contributed by atoms with E-state index in [1.165, 1.54) is 24.4 Å². The first-order chi connectivity index (χ1) is 20.9. The Balaban J connectivity index is 1.35. The molecule has 43 heavy (non-hydrogen) atoms. The van der Waals surface area contributed by atoms with Crippen LogP contribution in [0.15, 0.2) is 81.0 Å². The summed E-state index contributed by atoms with van der Waals surface area (Å²) < 4.78 is 23.3. The molecule has 3 heterocycles. The number of ether oxygens (including phenoxy) is 3. The minimum absolute atomic E-state index is 0.0646. The van der Waals surface area contributed by atoms with Crippen LogP contribution in [0.2, 0.25) is 0 Å². The second-order valence-corrected chi connectivity index (χ2v) is 9.56. The van der Waals surface area contributed by atoms with E-state index in [0.717, 1.165) is 4.68 Å². The van der Waals surface area contributed by atoms with Gasteiger partial charge < -0.3 is 23.5 Å². The van der Waals surface area contributed by atoms with E-state index < -0.39 is 10.5 Å². The van der Waals surface area contributed by atoms with Crippen molar-refractivity contribution in [3.8, 4) is 23.1 Å². The van der Waals surface area contributed by atoms with E-state index >= 15 is 0 Å². The summed E-state index contributed by atoms with van der Waals surface area (Å²) in [6, 6.07) is 18.1. The van der Waals surface area contributed by atoms with Crippen LogP contribution < -0.4 is 15.0 Å². The molecule has 1 aliphatic heterocycles. The van der Waals surface area contributed by atoms with Crippen LogP contribution in [0.5, 0.6) is 11.5 Å². The molecule has 1 amide bonds. The molecule has 1 saturated heterocycles. The fourth-order valence-electron chi connectivity index (χ4n) is 4.76. The maximum atomic E-state index is 13.6. The lowest BCUT2D eigenvalue weighted by Gasteiger charge is -2.26. The first-order valence-corrected chi connectivity index (χ1v) is 13.3. The number of nitro groups is 1. The molecule has 0 radical (unpaired) electrons. The second kappa shape index (κ2) is 11.7. The molecular weight excluding hydrogens is 558 g/mol. The van der Waals surface area contributed by atoms with Crippen LogP contribution in [0.3, 0.4) is 0 Å². The van der Waals surface area contributed by atoms with E-state index in [1.807, 2.05) is 0 Å². The molecule has 218 valence electrons. The van der Waals surface area contributed by atoms with Gasteiger partial charge in [0.15, 0.2) is 18.1 Å². The highest BCUT2D eigenvalue weighted by Crippen LogP contribution is 2.33. The molecule has 0 atom stereocenters. The number of rotatable bonds is 8. The maximum Gasteiger partial charge on any atom is 0.311 e.